The summed E-state index contributed by atoms with van der Waals surface area (Å²) >= 11 is 0. The van der Waals surface area contributed by atoms with Gasteiger partial charge in [-0.3, -0.25) is 19.5 Å². The molecule has 4 rings (SSSR count). The van der Waals surface area contributed by atoms with Crippen molar-refractivity contribution >= 4 is 11.8 Å². The van der Waals surface area contributed by atoms with Crippen LogP contribution in [0.3, 0.4) is 0 Å². The molecule has 2 amide bonds. The van der Waals surface area contributed by atoms with Gasteiger partial charge in [0.2, 0.25) is 5.91 Å². The van der Waals surface area contributed by atoms with Gasteiger partial charge in [-0.25, -0.2) is 0 Å². The number of nitrogens with zero attached hydrogens (tertiary/aromatic N) is 3. The van der Waals surface area contributed by atoms with E-state index in [9.17, 15) is 9.59 Å². The molecule has 0 unspecified atom stereocenters. The van der Waals surface area contributed by atoms with Crippen LogP contribution in [0.4, 0.5) is 0 Å². The molecule has 1 N–H and O–H groups in total. The Kier molecular flexibility index (Phi) is 5.43. The predicted molar refractivity (Wildman–Crippen MR) is 103 cm³/mol. The fraction of sp³-hybridized carbons (Fsp3) is 0.667. The van der Waals surface area contributed by atoms with Crippen molar-refractivity contribution in [1.82, 2.24) is 20.1 Å². The highest BCUT2D eigenvalue weighted by atomic mass is 16.2. The van der Waals surface area contributed by atoms with E-state index in [4.69, 9.17) is 0 Å². The lowest BCUT2D eigenvalue weighted by atomic mass is 9.93. The molecule has 0 bridgehead atoms. The van der Waals surface area contributed by atoms with Crippen molar-refractivity contribution in [2.45, 2.75) is 57.5 Å². The monoisotopic (exact) mass is 370 g/mol. The number of piperidine rings is 2. The highest BCUT2D eigenvalue weighted by Crippen LogP contribution is 2.26. The third kappa shape index (κ3) is 4.49. The van der Waals surface area contributed by atoms with Crippen LogP contribution >= 0.6 is 0 Å². The maximum atomic E-state index is 12.7. The van der Waals surface area contributed by atoms with E-state index < -0.39 is 0 Å². The molecule has 6 nitrogen and oxygen atoms in total. The van der Waals surface area contributed by atoms with E-state index in [-0.39, 0.29) is 17.7 Å². The summed E-state index contributed by atoms with van der Waals surface area (Å²) in [4.78, 5) is 33.7. The van der Waals surface area contributed by atoms with E-state index in [1.54, 1.807) is 6.20 Å². The van der Waals surface area contributed by atoms with Gasteiger partial charge in [-0.15, -0.1) is 0 Å². The minimum atomic E-state index is 0.0845. The van der Waals surface area contributed by atoms with Crippen molar-refractivity contribution in [3.8, 4) is 0 Å². The first-order valence-corrected chi connectivity index (χ1v) is 10.4. The molecule has 2 aliphatic heterocycles. The zero-order valence-corrected chi connectivity index (χ0v) is 16.2. The summed E-state index contributed by atoms with van der Waals surface area (Å²) in [6.07, 6.45) is 8.04. The number of aryl methyl sites for hydroxylation is 1. The maximum Gasteiger partial charge on any atom is 0.255 e. The predicted octanol–water partition coefficient (Wildman–Crippen LogP) is 1.99. The second-order valence-corrected chi connectivity index (χ2v) is 8.33. The zero-order chi connectivity index (χ0) is 18.8. The fourth-order valence-corrected chi connectivity index (χ4v) is 4.31. The van der Waals surface area contributed by atoms with Gasteiger partial charge in [0, 0.05) is 43.6 Å². The van der Waals surface area contributed by atoms with E-state index in [1.807, 2.05) is 24.0 Å². The number of nitrogens with one attached hydrogen (secondary N) is 1. The van der Waals surface area contributed by atoms with Crippen molar-refractivity contribution < 1.29 is 9.59 Å². The molecule has 27 heavy (non-hydrogen) atoms. The Hall–Kier alpha value is -1.95. The highest BCUT2D eigenvalue weighted by molar-refractivity contribution is 5.94. The Labute approximate surface area is 161 Å². The number of likely N-dealkylation sites (tertiary alicyclic amines) is 2. The first-order chi connectivity index (χ1) is 13.1. The largest absolute Gasteiger partial charge is 0.353 e. The number of pyridine rings is 1. The number of hydrogen-bond acceptors (Lipinski definition) is 4. The van der Waals surface area contributed by atoms with Gasteiger partial charge in [0.1, 0.15) is 0 Å². The molecule has 0 spiro atoms. The number of aromatic nitrogens is 1. The summed E-state index contributed by atoms with van der Waals surface area (Å²) in [6.45, 7) is 5.45. The van der Waals surface area contributed by atoms with Gasteiger partial charge >= 0.3 is 0 Å². The second kappa shape index (κ2) is 7.97. The molecule has 1 aliphatic carbocycles. The molecule has 3 fully saturated rings. The molecule has 146 valence electrons. The summed E-state index contributed by atoms with van der Waals surface area (Å²) in [5.74, 6) is 0.473. The topological polar surface area (TPSA) is 65.5 Å². The number of carbonyl (C=O) groups is 2. The second-order valence-electron chi connectivity index (χ2n) is 8.33. The standard InChI is InChI=1S/C21H30N4O2/c1-15-4-5-16(13-22-15)21(27)24-11-8-19(9-12-24)25-10-2-3-17(14-25)20(26)23-18-6-7-18/h4-5,13,17-19H,2-3,6-12,14H2,1H3,(H,23,26)/t17-/m0/s1. The molecule has 2 saturated heterocycles. The SMILES string of the molecule is Cc1ccc(C(=O)N2CCC(N3CCC[C@H](C(=O)NC4CC4)C3)CC2)cn1. The van der Waals surface area contributed by atoms with Crippen molar-refractivity contribution in [1.29, 1.82) is 0 Å². The van der Waals surface area contributed by atoms with Crippen LogP contribution in [0.1, 0.15) is 54.6 Å². The Morgan fingerprint density at radius 3 is 2.52 bits per heavy atom. The molecule has 3 aliphatic rings. The lowest BCUT2D eigenvalue weighted by Crippen LogP contribution is -2.51. The Morgan fingerprint density at radius 1 is 1.07 bits per heavy atom. The number of rotatable bonds is 4. The summed E-state index contributed by atoms with van der Waals surface area (Å²) in [5.41, 5.74) is 1.60. The summed E-state index contributed by atoms with van der Waals surface area (Å²) in [7, 11) is 0. The summed E-state index contributed by atoms with van der Waals surface area (Å²) in [5, 5.41) is 3.17. The van der Waals surface area contributed by atoms with Crippen LogP contribution in [0.25, 0.3) is 0 Å². The first kappa shape index (κ1) is 18.4. The van der Waals surface area contributed by atoms with Gasteiger partial charge in [0.15, 0.2) is 0 Å². The minimum Gasteiger partial charge on any atom is -0.353 e. The Bertz CT molecular complexity index is 678. The normalized spacial score (nSPS) is 24.6. The van der Waals surface area contributed by atoms with E-state index >= 15 is 0 Å². The van der Waals surface area contributed by atoms with Crippen LogP contribution in [0.2, 0.25) is 0 Å². The number of amides is 2. The smallest absolute Gasteiger partial charge is 0.255 e. The molecule has 0 aromatic carbocycles. The summed E-state index contributed by atoms with van der Waals surface area (Å²) in [6, 6.07) is 4.69. The highest BCUT2D eigenvalue weighted by Gasteiger charge is 2.34. The van der Waals surface area contributed by atoms with Crippen LogP contribution < -0.4 is 5.32 Å². The quantitative estimate of drug-likeness (QED) is 0.880. The van der Waals surface area contributed by atoms with Gasteiger partial charge in [0.05, 0.1) is 11.5 Å². The Balaban J connectivity index is 1.28. The van der Waals surface area contributed by atoms with Crippen LogP contribution in [-0.4, -0.2) is 64.9 Å². The number of carbonyl (C=O) groups excluding carboxylic acids is 2. The molecule has 1 aromatic rings. The number of hydrogen-bond donors (Lipinski definition) is 1. The van der Waals surface area contributed by atoms with Crippen molar-refractivity contribution in [3.05, 3.63) is 29.6 Å². The van der Waals surface area contributed by atoms with E-state index in [2.05, 4.69) is 15.2 Å². The summed E-state index contributed by atoms with van der Waals surface area (Å²) < 4.78 is 0. The van der Waals surface area contributed by atoms with Crippen LogP contribution in [-0.2, 0) is 4.79 Å². The van der Waals surface area contributed by atoms with Crippen LogP contribution in [0.5, 0.6) is 0 Å². The average molecular weight is 370 g/mol. The molecule has 1 saturated carbocycles. The minimum absolute atomic E-state index is 0.0845. The Morgan fingerprint density at radius 2 is 1.85 bits per heavy atom. The van der Waals surface area contributed by atoms with Crippen molar-refractivity contribution in [2.24, 2.45) is 5.92 Å². The van der Waals surface area contributed by atoms with Gasteiger partial charge in [0.25, 0.3) is 5.91 Å². The van der Waals surface area contributed by atoms with Crippen molar-refractivity contribution in [2.75, 3.05) is 26.2 Å². The average Bonchev–Trinajstić information content (AvgIpc) is 3.52. The fourth-order valence-electron chi connectivity index (χ4n) is 4.31. The third-order valence-corrected chi connectivity index (χ3v) is 6.17. The molecule has 3 heterocycles. The van der Waals surface area contributed by atoms with E-state index in [0.717, 1.165) is 70.4 Å². The zero-order valence-electron chi connectivity index (χ0n) is 16.2. The molecular formula is C21H30N4O2. The molecule has 1 atom stereocenters. The van der Waals surface area contributed by atoms with Crippen LogP contribution in [0, 0.1) is 12.8 Å². The van der Waals surface area contributed by atoms with Gasteiger partial charge < -0.3 is 10.2 Å². The lowest BCUT2D eigenvalue weighted by molar-refractivity contribution is -0.127. The molecule has 6 heteroatoms. The molecule has 1 aromatic heterocycles. The first-order valence-electron chi connectivity index (χ1n) is 10.4. The van der Waals surface area contributed by atoms with E-state index in [1.165, 1.54) is 0 Å². The molecular weight excluding hydrogens is 340 g/mol. The van der Waals surface area contributed by atoms with Crippen LogP contribution in [0.15, 0.2) is 18.3 Å². The molecule has 0 radical (unpaired) electrons. The van der Waals surface area contributed by atoms with Gasteiger partial charge in [-0.05, 0) is 64.1 Å². The van der Waals surface area contributed by atoms with Gasteiger partial charge in [-0.2, -0.15) is 0 Å². The lowest BCUT2D eigenvalue weighted by Gasteiger charge is -2.42. The maximum absolute atomic E-state index is 12.7. The van der Waals surface area contributed by atoms with Crippen molar-refractivity contribution in [3.63, 3.8) is 0 Å². The third-order valence-electron chi connectivity index (χ3n) is 6.17. The van der Waals surface area contributed by atoms with E-state index in [0.29, 0.717) is 17.6 Å². The van der Waals surface area contributed by atoms with Gasteiger partial charge in [-0.1, -0.05) is 0 Å².